The van der Waals surface area contributed by atoms with Gasteiger partial charge in [0.2, 0.25) is 0 Å². The summed E-state index contributed by atoms with van der Waals surface area (Å²) in [5.41, 5.74) is -0.536. The van der Waals surface area contributed by atoms with Crippen molar-refractivity contribution in [3.8, 4) is 0 Å². The van der Waals surface area contributed by atoms with E-state index in [0.29, 0.717) is 5.52 Å². The second-order valence-electron chi connectivity index (χ2n) is 9.87. The van der Waals surface area contributed by atoms with Crippen molar-refractivity contribution < 1.29 is 24.2 Å². The molecule has 1 heterocycles. The summed E-state index contributed by atoms with van der Waals surface area (Å²) >= 11 is 0. The van der Waals surface area contributed by atoms with Crippen LogP contribution in [0, 0.1) is 5.82 Å². The lowest BCUT2D eigenvalue weighted by Crippen LogP contribution is -2.45. The number of benzene rings is 1. The van der Waals surface area contributed by atoms with Crippen LogP contribution in [0.3, 0.4) is 0 Å². The summed E-state index contributed by atoms with van der Waals surface area (Å²) in [7, 11) is 0. The highest BCUT2D eigenvalue weighted by atomic mass is 19.1. The quantitative estimate of drug-likeness (QED) is 0.450. The summed E-state index contributed by atoms with van der Waals surface area (Å²) in [6.45, 7) is -1.43. The van der Waals surface area contributed by atoms with Crippen molar-refractivity contribution in [2.75, 3.05) is 25.0 Å². The number of aromatic nitrogens is 2. The number of nitrogens with zero attached hydrogens (tertiary/aromatic N) is 3. The van der Waals surface area contributed by atoms with Gasteiger partial charge in [-0.05, 0) is 37.8 Å². The highest BCUT2D eigenvalue weighted by molar-refractivity contribution is 5.82. The maximum atomic E-state index is 15.2. The highest BCUT2D eigenvalue weighted by Crippen LogP contribution is 2.32. The Bertz CT molecular complexity index is 1230. The van der Waals surface area contributed by atoms with Crippen LogP contribution in [0.15, 0.2) is 21.7 Å². The summed E-state index contributed by atoms with van der Waals surface area (Å²) in [6, 6.07) is 2.77. The molecule has 36 heavy (non-hydrogen) atoms. The number of carboxylic acid groups (broad SMARTS) is 2. The molecule has 196 valence electrons. The number of hydrogen-bond acceptors (Lipinski definition) is 6. The number of halogens is 1. The molecule has 0 radical (unpaired) electrons. The Balaban J connectivity index is 1.75. The lowest BCUT2D eigenvalue weighted by molar-refractivity contribution is -0.141. The van der Waals surface area contributed by atoms with Crippen LogP contribution in [0.1, 0.15) is 63.8 Å². The van der Waals surface area contributed by atoms with Crippen LogP contribution in [0.2, 0.25) is 0 Å². The highest BCUT2D eigenvalue weighted by Gasteiger charge is 2.25. The molecule has 10 nitrogen and oxygen atoms in total. The lowest BCUT2D eigenvalue weighted by atomic mass is 9.95. The van der Waals surface area contributed by atoms with Gasteiger partial charge in [-0.25, -0.2) is 9.18 Å². The number of carbonyl (C=O) groups is 2. The summed E-state index contributed by atoms with van der Waals surface area (Å²) in [6.07, 6.45) is 8.61. The first kappa shape index (κ1) is 25.9. The molecular weight excluding hydrogens is 471 g/mol. The predicted molar refractivity (Wildman–Crippen MR) is 132 cm³/mol. The van der Waals surface area contributed by atoms with Crippen LogP contribution < -0.4 is 16.6 Å². The van der Waals surface area contributed by atoms with Crippen LogP contribution in [-0.4, -0.2) is 61.9 Å². The van der Waals surface area contributed by atoms with Crippen molar-refractivity contribution in [1.82, 2.24) is 14.0 Å². The zero-order chi connectivity index (χ0) is 25.8. The maximum absolute atomic E-state index is 15.2. The molecule has 3 N–H and O–H groups in total. The Morgan fingerprint density at radius 2 is 1.58 bits per heavy atom. The number of nitrogens with one attached hydrogen (secondary N) is 1. The average molecular weight is 505 g/mol. The molecule has 2 aromatic rings. The van der Waals surface area contributed by atoms with Gasteiger partial charge >= 0.3 is 17.6 Å². The van der Waals surface area contributed by atoms with E-state index in [0.717, 1.165) is 67.3 Å². The zero-order valence-electron chi connectivity index (χ0n) is 20.2. The van der Waals surface area contributed by atoms with Crippen molar-refractivity contribution in [2.45, 2.75) is 76.4 Å². The van der Waals surface area contributed by atoms with Gasteiger partial charge in [-0.15, -0.1) is 0 Å². The van der Waals surface area contributed by atoms with Gasteiger partial charge in [-0.1, -0.05) is 32.1 Å². The van der Waals surface area contributed by atoms with E-state index in [4.69, 9.17) is 10.2 Å². The van der Waals surface area contributed by atoms with E-state index in [1.165, 1.54) is 6.07 Å². The molecule has 0 atom stereocenters. The number of carboxylic acids is 2. The second-order valence-corrected chi connectivity index (χ2v) is 9.87. The molecule has 4 rings (SSSR count). The van der Waals surface area contributed by atoms with Crippen LogP contribution in [0.25, 0.3) is 10.9 Å². The fraction of sp³-hybridized carbons (Fsp3) is 0.600. The monoisotopic (exact) mass is 504 g/mol. The van der Waals surface area contributed by atoms with Gasteiger partial charge in [0.1, 0.15) is 5.82 Å². The molecule has 0 aliphatic heterocycles. The van der Waals surface area contributed by atoms with Gasteiger partial charge in [-0.2, -0.15) is 0 Å². The molecule has 2 saturated carbocycles. The Morgan fingerprint density at radius 1 is 0.972 bits per heavy atom. The molecular formula is C25H33FN4O6. The van der Waals surface area contributed by atoms with Gasteiger partial charge in [-0.3, -0.25) is 28.4 Å². The van der Waals surface area contributed by atoms with E-state index in [-0.39, 0.29) is 36.2 Å². The third-order valence-electron chi connectivity index (χ3n) is 7.27. The van der Waals surface area contributed by atoms with Crippen LogP contribution in [0.5, 0.6) is 0 Å². The second kappa shape index (κ2) is 11.2. The standard InChI is InChI=1S/C25H33FN4O6/c26-19-12-18-21(13-20(19)27-16-6-2-1-3-7-16)30(17-8-4-5-9-17)25(36)29(24(18)35)11-10-28(14-22(31)32)15-23(33)34/h12-13,16-17,27H,1-11,14-15H2,(H,31,32)(H,33,34). The molecule has 0 amide bonds. The summed E-state index contributed by atoms with van der Waals surface area (Å²) in [4.78, 5) is 50.3. The Kier molecular flexibility index (Phi) is 8.07. The molecule has 1 aromatic heterocycles. The van der Waals surface area contributed by atoms with E-state index < -0.39 is 42.1 Å². The van der Waals surface area contributed by atoms with E-state index >= 15 is 4.39 Å². The van der Waals surface area contributed by atoms with Gasteiger partial charge in [0, 0.05) is 25.2 Å². The number of anilines is 1. The van der Waals surface area contributed by atoms with E-state index in [1.807, 2.05) is 0 Å². The normalized spacial score (nSPS) is 17.2. The number of fused-ring (bicyclic) bond motifs is 1. The fourth-order valence-electron chi connectivity index (χ4n) is 5.53. The van der Waals surface area contributed by atoms with Crippen LogP contribution in [-0.2, 0) is 16.1 Å². The van der Waals surface area contributed by atoms with Crippen molar-refractivity contribution in [2.24, 2.45) is 0 Å². The summed E-state index contributed by atoms with van der Waals surface area (Å²) < 4.78 is 17.7. The van der Waals surface area contributed by atoms with E-state index in [9.17, 15) is 19.2 Å². The lowest BCUT2D eigenvalue weighted by Gasteiger charge is -2.25. The minimum absolute atomic E-state index is 0.0798. The fourth-order valence-corrected chi connectivity index (χ4v) is 5.53. The number of aliphatic carboxylic acids is 2. The van der Waals surface area contributed by atoms with Crippen molar-refractivity contribution in [1.29, 1.82) is 0 Å². The smallest absolute Gasteiger partial charge is 0.331 e. The van der Waals surface area contributed by atoms with Gasteiger partial charge in [0.05, 0.1) is 29.7 Å². The molecule has 1 aromatic carbocycles. The zero-order valence-corrected chi connectivity index (χ0v) is 20.2. The van der Waals surface area contributed by atoms with Crippen molar-refractivity contribution in [3.05, 3.63) is 38.8 Å². The Labute approximate surface area is 207 Å². The molecule has 11 heteroatoms. The minimum Gasteiger partial charge on any atom is -0.480 e. The summed E-state index contributed by atoms with van der Waals surface area (Å²) in [5.74, 6) is -3.00. The van der Waals surface area contributed by atoms with Crippen molar-refractivity contribution in [3.63, 3.8) is 0 Å². The largest absolute Gasteiger partial charge is 0.480 e. The predicted octanol–water partition coefficient (Wildman–Crippen LogP) is 2.63. The van der Waals surface area contributed by atoms with E-state index in [1.54, 1.807) is 10.6 Å². The third kappa shape index (κ3) is 5.77. The third-order valence-corrected chi connectivity index (χ3v) is 7.27. The van der Waals surface area contributed by atoms with E-state index in [2.05, 4.69) is 5.32 Å². The molecule has 0 unspecified atom stereocenters. The first-order valence-corrected chi connectivity index (χ1v) is 12.7. The Morgan fingerprint density at radius 3 is 2.19 bits per heavy atom. The summed E-state index contributed by atoms with van der Waals surface area (Å²) in [5, 5.41) is 21.5. The minimum atomic E-state index is -1.22. The van der Waals surface area contributed by atoms with Crippen molar-refractivity contribution >= 4 is 28.5 Å². The Hall–Kier alpha value is -3.21. The maximum Gasteiger partial charge on any atom is 0.331 e. The first-order chi connectivity index (χ1) is 17.2. The average Bonchev–Trinajstić information content (AvgIpc) is 3.34. The number of hydrogen-bond donors (Lipinski definition) is 3. The molecule has 2 fully saturated rings. The molecule has 0 spiro atoms. The van der Waals surface area contributed by atoms with Gasteiger partial charge < -0.3 is 15.5 Å². The molecule has 2 aliphatic rings. The molecule has 0 bridgehead atoms. The van der Waals surface area contributed by atoms with Crippen LogP contribution in [0.4, 0.5) is 10.1 Å². The van der Waals surface area contributed by atoms with Crippen LogP contribution >= 0.6 is 0 Å². The topological polar surface area (TPSA) is 134 Å². The number of rotatable bonds is 10. The van der Waals surface area contributed by atoms with Gasteiger partial charge in [0.15, 0.2) is 0 Å². The molecule has 2 aliphatic carbocycles. The SMILES string of the molecule is O=C(O)CN(CCn1c(=O)c2cc(F)c(NC3CCCCC3)cc2n(C2CCCC2)c1=O)CC(=O)O. The first-order valence-electron chi connectivity index (χ1n) is 12.7. The molecule has 0 saturated heterocycles. The van der Waals surface area contributed by atoms with Gasteiger partial charge in [0.25, 0.3) is 5.56 Å².